The van der Waals surface area contributed by atoms with Crippen molar-refractivity contribution in [2.45, 2.75) is 12.8 Å². The van der Waals surface area contributed by atoms with Crippen molar-refractivity contribution in [3.63, 3.8) is 0 Å². The van der Waals surface area contributed by atoms with Crippen molar-refractivity contribution in [3.05, 3.63) is 194 Å². The van der Waals surface area contributed by atoms with Crippen LogP contribution in [0.5, 0.6) is 0 Å². The molecule has 0 saturated heterocycles. The Bertz CT molecular complexity index is 4140. The topological polar surface area (TPSA) is 48.5 Å². The zero-order chi connectivity index (χ0) is 41.9. The summed E-state index contributed by atoms with van der Waals surface area (Å²) >= 11 is 3.70. The summed E-state index contributed by atoms with van der Waals surface area (Å²) in [6, 6.07) is 61.9. The number of nitrogens with zero attached hydrogens (tertiary/aromatic N) is 5. The first kappa shape index (κ1) is 35.8. The van der Waals surface area contributed by atoms with Gasteiger partial charge in [-0.05, 0) is 73.5 Å². The molecule has 5 nitrogen and oxygen atoms in total. The lowest BCUT2D eigenvalue weighted by Crippen LogP contribution is -2.03. The molecule has 0 aliphatic heterocycles. The van der Waals surface area contributed by atoms with Gasteiger partial charge in [0.05, 0.1) is 32.5 Å². The number of thiophene rings is 2. The summed E-state index contributed by atoms with van der Waals surface area (Å²) in [5.41, 5.74) is 10.1. The minimum atomic E-state index is 0.679. The fraction of sp³-hybridized carbons (Fsp3) is 0.0351. The molecule has 0 saturated carbocycles. The largest absolute Gasteiger partial charge is 0.309 e. The van der Waals surface area contributed by atoms with E-state index in [0.29, 0.717) is 17.5 Å². The van der Waals surface area contributed by atoms with Gasteiger partial charge in [0, 0.05) is 79.6 Å². The molecule has 7 heteroatoms. The third-order valence-electron chi connectivity index (χ3n) is 13.0. The molecule has 0 atom stereocenters. The van der Waals surface area contributed by atoms with Gasteiger partial charge >= 0.3 is 0 Å². The van der Waals surface area contributed by atoms with Crippen molar-refractivity contribution in [2.24, 2.45) is 0 Å². The second-order valence-electron chi connectivity index (χ2n) is 16.6. The van der Waals surface area contributed by atoms with Gasteiger partial charge < -0.3 is 9.13 Å². The number of para-hydroxylation sites is 2. The second-order valence-corrected chi connectivity index (χ2v) is 18.7. The molecule has 0 bridgehead atoms. The molecule has 300 valence electrons. The SMILES string of the molecule is C1=CC(c2nc(-c3ccccc3)nc(-c3cccc4c3sc3c(-n5c6ccccc6c6cc(-n7c8ccccc8c8cc9sc%10ccccc%10c9cc87)ccc65)cccc34)n2)=CCC1. The lowest BCUT2D eigenvalue weighted by molar-refractivity contribution is 1.01. The van der Waals surface area contributed by atoms with E-state index in [2.05, 4.69) is 179 Å². The molecular weight excluding hydrogens is 819 g/mol. The normalized spacial score (nSPS) is 13.2. The Hall–Kier alpha value is -7.71. The molecule has 64 heavy (non-hydrogen) atoms. The minimum absolute atomic E-state index is 0.679. The monoisotopic (exact) mass is 853 g/mol. The van der Waals surface area contributed by atoms with Gasteiger partial charge in [-0.15, -0.1) is 22.7 Å². The molecular formula is C57H35N5S2. The third kappa shape index (κ3) is 5.32. The molecule has 13 aromatic rings. The van der Waals surface area contributed by atoms with Gasteiger partial charge in [0.25, 0.3) is 0 Å². The number of rotatable bonds is 5. The molecule has 5 heterocycles. The summed E-state index contributed by atoms with van der Waals surface area (Å²) in [6.45, 7) is 0. The highest BCUT2D eigenvalue weighted by molar-refractivity contribution is 7.27. The van der Waals surface area contributed by atoms with Gasteiger partial charge in [0.2, 0.25) is 0 Å². The smallest absolute Gasteiger partial charge is 0.165 e. The predicted octanol–water partition coefficient (Wildman–Crippen LogP) is 15.9. The third-order valence-corrected chi connectivity index (χ3v) is 15.4. The highest BCUT2D eigenvalue weighted by Crippen LogP contribution is 2.45. The molecule has 14 rings (SSSR count). The molecule has 0 fully saturated rings. The van der Waals surface area contributed by atoms with Crippen LogP contribution in [0, 0.1) is 0 Å². The van der Waals surface area contributed by atoms with Crippen LogP contribution in [0.25, 0.3) is 124 Å². The maximum atomic E-state index is 5.18. The zero-order valence-corrected chi connectivity index (χ0v) is 36.0. The molecule has 0 radical (unpaired) electrons. The van der Waals surface area contributed by atoms with Crippen molar-refractivity contribution in [1.82, 2.24) is 24.1 Å². The predicted molar refractivity (Wildman–Crippen MR) is 272 cm³/mol. The lowest BCUT2D eigenvalue weighted by Gasteiger charge is -2.11. The fourth-order valence-electron chi connectivity index (χ4n) is 10.1. The number of aromatic nitrogens is 5. The van der Waals surface area contributed by atoms with Crippen LogP contribution >= 0.6 is 22.7 Å². The molecule has 0 N–H and O–H groups in total. The molecule has 0 unspecified atom stereocenters. The van der Waals surface area contributed by atoms with Crippen LogP contribution in [0.1, 0.15) is 18.7 Å². The summed E-state index contributed by atoms with van der Waals surface area (Å²) in [5, 5.41) is 10.0. The van der Waals surface area contributed by atoms with Gasteiger partial charge in [-0.2, -0.15) is 0 Å². The quantitative estimate of drug-likeness (QED) is 0.173. The van der Waals surface area contributed by atoms with E-state index in [1.54, 1.807) is 0 Å². The average Bonchev–Trinajstić information content (AvgIpc) is 4.11. The van der Waals surface area contributed by atoms with Crippen LogP contribution in [0.4, 0.5) is 0 Å². The molecule has 0 spiro atoms. The highest BCUT2D eigenvalue weighted by Gasteiger charge is 2.22. The van der Waals surface area contributed by atoms with E-state index >= 15 is 0 Å². The maximum absolute atomic E-state index is 5.18. The highest BCUT2D eigenvalue weighted by atomic mass is 32.1. The summed E-state index contributed by atoms with van der Waals surface area (Å²) < 4.78 is 9.96. The summed E-state index contributed by atoms with van der Waals surface area (Å²) in [7, 11) is 0. The van der Waals surface area contributed by atoms with Crippen LogP contribution in [0.15, 0.2) is 188 Å². The van der Waals surface area contributed by atoms with Gasteiger partial charge in [0.1, 0.15) is 0 Å². The van der Waals surface area contributed by atoms with Crippen LogP contribution < -0.4 is 0 Å². The van der Waals surface area contributed by atoms with Crippen molar-refractivity contribution < 1.29 is 0 Å². The first-order valence-corrected chi connectivity index (χ1v) is 23.4. The Kier molecular flexibility index (Phi) is 7.78. The molecule has 8 aromatic carbocycles. The Morgan fingerprint density at radius 2 is 1.08 bits per heavy atom. The van der Waals surface area contributed by atoms with E-state index in [1.165, 1.54) is 79.3 Å². The average molecular weight is 854 g/mol. The van der Waals surface area contributed by atoms with Gasteiger partial charge in [0.15, 0.2) is 17.5 Å². The number of fused-ring (bicyclic) bond motifs is 12. The van der Waals surface area contributed by atoms with Crippen molar-refractivity contribution in [2.75, 3.05) is 0 Å². The van der Waals surface area contributed by atoms with Gasteiger partial charge in [-0.1, -0.05) is 127 Å². The summed E-state index contributed by atoms with van der Waals surface area (Å²) in [6.07, 6.45) is 8.59. The van der Waals surface area contributed by atoms with Crippen molar-refractivity contribution >= 4 is 112 Å². The fourth-order valence-corrected chi connectivity index (χ4v) is 12.5. The molecule has 0 amide bonds. The van der Waals surface area contributed by atoms with Crippen LogP contribution in [-0.2, 0) is 0 Å². The summed E-state index contributed by atoms with van der Waals surface area (Å²) in [4.78, 5) is 15.4. The summed E-state index contributed by atoms with van der Waals surface area (Å²) in [5.74, 6) is 2.07. The molecule has 1 aliphatic carbocycles. The number of allylic oxidation sites excluding steroid dienone is 4. The first-order valence-electron chi connectivity index (χ1n) is 21.8. The van der Waals surface area contributed by atoms with E-state index in [-0.39, 0.29) is 0 Å². The Morgan fingerprint density at radius 1 is 0.406 bits per heavy atom. The maximum Gasteiger partial charge on any atom is 0.165 e. The van der Waals surface area contributed by atoms with Crippen molar-refractivity contribution in [1.29, 1.82) is 0 Å². The van der Waals surface area contributed by atoms with E-state index < -0.39 is 0 Å². The zero-order valence-electron chi connectivity index (χ0n) is 34.4. The minimum Gasteiger partial charge on any atom is -0.309 e. The van der Waals surface area contributed by atoms with Gasteiger partial charge in [-0.25, -0.2) is 15.0 Å². The van der Waals surface area contributed by atoms with Crippen LogP contribution in [0.2, 0.25) is 0 Å². The van der Waals surface area contributed by atoms with E-state index in [0.717, 1.165) is 45.6 Å². The van der Waals surface area contributed by atoms with E-state index in [4.69, 9.17) is 15.0 Å². The molecule has 5 aromatic heterocycles. The Balaban J connectivity index is 0.974. The second kappa shape index (κ2) is 13.9. The Labute approximate surface area is 375 Å². The van der Waals surface area contributed by atoms with Crippen molar-refractivity contribution in [3.8, 4) is 34.2 Å². The van der Waals surface area contributed by atoms with E-state index in [1.807, 2.05) is 40.9 Å². The van der Waals surface area contributed by atoms with Gasteiger partial charge in [-0.3, -0.25) is 0 Å². The first-order chi connectivity index (χ1) is 31.7. The van der Waals surface area contributed by atoms with Crippen LogP contribution in [0.3, 0.4) is 0 Å². The van der Waals surface area contributed by atoms with Crippen LogP contribution in [-0.4, -0.2) is 24.1 Å². The number of hydrogen-bond donors (Lipinski definition) is 0. The molecule has 1 aliphatic rings. The standard InChI is InChI=1S/C57H35N5S2/c1-3-15-34(16-4-1)55-58-56(35-17-5-2-6-18-35)60-57(59-55)42-24-13-22-40-41-23-14-27-49(54(41)64-53(40)42)62-47-26-11-8-19-37(47)43-31-36(29-30-48(43)62)61-46-25-10-7-20-38(46)44-33-52-45(32-50(44)61)39-21-9-12-28-51(39)63-52/h1,3-5,7-33H,2,6H2. The number of hydrogen-bond acceptors (Lipinski definition) is 5. The van der Waals surface area contributed by atoms with E-state index in [9.17, 15) is 0 Å². The lowest BCUT2D eigenvalue weighted by atomic mass is 10.1. The number of benzene rings is 8. The Morgan fingerprint density at radius 3 is 1.91 bits per heavy atom.